The highest BCUT2D eigenvalue weighted by Gasteiger charge is 2.15. The molecular weight excluding hydrogens is 291 g/mol. The van der Waals surface area contributed by atoms with Gasteiger partial charge in [0.2, 0.25) is 0 Å². The van der Waals surface area contributed by atoms with Crippen LogP contribution in [0.3, 0.4) is 0 Å². The van der Waals surface area contributed by atoms with Crippen molar-refractivity contribution < 1.29 is 9.53 Å². The maximum Gasteiger partial charge on any atom is 0.159 e. The van der Waals surface area contributed by atoms with Crippen LogP contribution in [0.1, 0.15) is 29.3 Å². The van der Waals surface area contributed by atoms with Crippen molar-refractivity contribution >= 4 is 28.4 Å². The van der Waals surface area contributed by atoms with Gasteiger partial charge in [-0.25, -0.2) is 0 Å². The molecule has 0 fully saturated rings. The Hall–Kier alpha value is -0.580. The van der Waals surface area contributed by atoms with Gasteiger partial charge in [-0.2, -0.15) is 0 Å². The molecule has 14 heavy (non-hydrogen) atoms. The second-order valence-electron chi connectivity index (χ2n) is 3.45. The smallest absolute Gasteiger partial charge is 0.159 e. The maximum atomic E-state index is 11.2. The first-order chi connectivity index (χ1) is 6.68. The number of aryl methyl sites for hydroxylation is 1. The molecule has 74 valence electrons. The topological polar surface area (TPSA) is 26.3 Å². The Labute approximate surface area is 96.8 Å². The number of carbonyl (C=O) groups excluding carboxylic acids is 1. The fraction of sp³-hybridized carbons (Fsp3) is 0.364. The normalized spacial score (nSPS) is 14.4. The summed E-state index contributed by atoms with van der Waals surface area (Å²) in [5.74, 6) is 1.10. The highest BCUT2D eigenvalue weighted by molar-refractivity contribution is 14.1. The molecule has 1 aromatic carbocycles. The number of Topliss-reactive ketones (excluding diaryl/α,β-unsaturated/α-hetero) is 1. The number of halogens is 1. The van der Waals surface area contributed by atoms with E-state index in [0.717, 1.165) is 34.3 Å². The fourth-order valence-corrected chi connectivity index (χ4v) is 2.48. The van der Waals surface area contributed by atoms with E-state index in [0.29, 0.717) is 0 Å². The second kappa shape index (κ2) is 3.88. The first kappa shape index (κ1) is 9.96. The van der Waals surface area contributed by atoms with E-state index in [-0.39, 0.29) is 5.78 Å². The van der Waals surface area contributed by atoms with Gasteiger partial charge in [0.05, 0.1) is 10.2 Å². The Morgan fingerprint density at radius 2 is 2.29 bits per heavy atom. The number of rotatable bonds is 1. The Balaban J connectivity index is 2.51. The van der Waals surface area contributed by atoms with Gasteiger partial charge >= 0.3 is 0 Å². The number of hydrogen-bond acceptors (Lipinski definition) is 2. The summed E-state index contributed by atoms with van der Waals surface area (Å²) < 4.78 is 6.62. The van der Waals surface area contributed by atoms with E-state index in [4.69, 9.17) is 4.74 Å². The molecule has 0 saturated carbocycles. The molecule has 1 aromatic rings. The minimum atomic E-state index is 0.122. The minimum Gasteiger partial charge on any atom is -0.492 e. The third-order valence-electron chi connectivity index (χ3n) is 2.36. The van der Waals surface area contributed by atoms with Crippen LogP contribution in [-0.4, -0.2) is 12.4 Å². The molecule has 1 aliphatic rings. The van der Waals surface area contributed by atoms with Crippen LogP contribution in [-0.2, 0) is 6.42 Å². The lowest BCUT2D eigenvalue weighted by molar-refractivity contribution is 0.101. The molecule has 0 spiro atoms. The monoisotopic (exact) mass is 302 g/mol. The summed E-state index contributed by atoms with van der Waals surface area (Å²) in [4.78, 5) is 11.2. The molecule has 1 aliphatic heterocycles. The molecule has 0 atom stereocenters. The molecule has 2 nitrogen and oxygen atoms in total. The standard InChI is InChI=1S/C11H11IO2/c1-7(13)9-5-8-3-2-4-14-11(8)10(12)6-9/h5-6H,2-4H2,1H3. The molecule has 2 rings (SSSR count). The molecule has 0 unspecified atom stereocenters. The van der Waals surface area contributed by atoms with Gasteiger partial charge in [-0.05, 0) is 60.1 Å². The predicted octanol–water partition coefficient (Wildman–Crippen LogP) is 2.82. The quantitative estimate of drug-likeness (QED) is 0.589. The molecule has 0 saturated heterocycles. The third kappa shape index (κ3) is 1.78. The third-order valence-corrected chi connectivity index (χ3v) is 3.17. The van der Waals surface area contributed by atoms with E-state index >= 15 is 0 Å². The van der Waals surface area contributed by atoms with Gasteiger partial charge in [0.15, 0.2) is 5.78 Å². The summed E-state index contributed by atoms with van der Waals surface area (Å²) >= 11 is 2.22. The van der Waals surface area contributed by atoms with Crippen LogP contribution < -0.4 is 4.74 Å². The lowest BCUT2D eigenvalue weighted by Crippen LogP contribution is -2.11. The van der Waals surface area contributed by atoms with Crippen LogP contribution in [0, 0.1) is 3.57 Å². The van der Waals surface area contributed by atoms with E-state index < -0.39 is 0 Å². The molecule has 3 heteroatoms. The van der Waals surface area contributed by atoms with Crippen molar-refractivity contribution in [3.05, 3.63) is 26.8 Å². The summed E-state index contributed by atoms with van der Waals surface area (Å²) in [6, 6.07) is 3.85. The molecular formula is C11H11IO2. The van der Waals surface area contributed by atoms with Gasteiger partial charge in [0.25, 0.3) is 0 Å². The summed E-state index contributed by atoms with van der Waals surface area (Å²) in [5.41, 5.74) is 1.96. The van der Waals surface area contributed by atoms with Crippen LogP contribution in [0.2, 0.25) is 0 Å². The number of hydrogen-bond donors (Lipinski definition) is 0. The number of carbonyl (C=O) groups is 1. The molecule has 0 radical (unpaired) electrons. The molecule has 0 aliphatic carbocycles. The van der Waals surface area contributed by atoms with Crippen LogP contribution >= 0.6 is 22.6 Å². The highest BCUT2D eigenvalue weighted by atomic mass is 127. The number of ketones is 1. The van der Waals surface area contributed by atoms with Crippen LogP contribution in [0.5, 0.6) is 5.75 Å². The molecule has 0 bridgehead atoms. The van der Waals surface area contributed by atoms with Crippen LogP contribution in [0.15, 0.2) is 12.1 Å². The zero-order valence-electron chi connectivity index (χ0n) is 7.97. The van der Waals surface area contributed by atoms with Crippen molar-refractivity contribution in [3.63, 3.8) is 0 Å². The Bertz CT molecular complexity index is 385. The molecule has 0 N–H and O–H groups in total. The zero-order valence-corrected chi connectivity index (χ0v) is 10.1. The summed E-state index contributed by atoms with van der Waals surface area (Å²) in [7, 11) is 0. The van der Waals surface area contributed by atoms with Crippen LogP contribution in [0.4, 0.5) is 0 Å². The van der Waals surface area contributed by atoms with E-state index in [1.807, 2.05) is 12.1 Å². The van der Waals surface area contributed by atoms with E-state index in [9.17, 15) is 4.79 Å². The van der Waals surface area contributed by atoms with Gasteiger partial charge in [-0.15, -0.1) is 0 Å². The summed E-state index contributed by atoms with van der Waals surface area (Å²) in [6.45, 7) is 2.39. The van der Waals surface area contributed by atoms with Crippen LogP contribution in [0.25, 0.3) is 0 Å². The first-order valence-electron chi connectivity index (χ1n) is 4.64. The fourth-order valence-electron chi connectivity index (χ4n) is 1.64. The average molecular weight is 302 g/mol. The van der Waals surface area contributed by atoms with E-state index in [1.165, 1.54) is 5.56 Å². The second-order valence-corrected chi connectivity index (χ2v) is 4.62. The van der Waals surface area contributed by atoms with Gasteiger partial charge in [0, 0.05) is 5.56 Å². The lowest BCUT2D eigenvalue weighted by atomic mass is 10.0. The van der Waals surface area contributed by atoms with Crippen molar-refractivity contribution in [2.24, 2.45) is 0 Å². The Morgan fingerprint density at radius 1 is 1.50 bits per heavy atom. The summed E-state index contributed by atoms with van der Waals surface area (Å²) in [5, 5.41) is 0. The van der Waals surface area contributed by atoms with E-state index in [1.54, 1.807) is 6.92 Å². The minimum absolute atomic E-state index is 0.122. The van der Waals surface area contributed by atoms with Crippen molar-refractivity contribution in [1.82, 2.24) is 0 Å². The van der Waals surface area contributed by atoms with Crippen molar-refractivity contribution in [1.29, 1.82) is 0 Å². The van der Waals surface area contributed by atoms with Crippen molar-refractivity contribution in [3.8, 4) is 5.75 Å². The van der Waals surface area contributed by atoms with Crippen molar-refractivity contribution in [2.45, 2.75) is 19.8 Å². The van der Waals surface area contributed by atoms with Gasteiger partial charge in [0.1, 0.15) is 5.75 Å². The SMILES string of the molecule is CC(=O)c1cc(I)c2c(c1)CCCO2. The zero-order chi connectivity index (χ0) is 10.1. The Kier molecular flexibility index (Phi) is 2.76. The molecule has 0 aromatic heterocycles. The lowest BCUT2D eigenvalue weighted by Gasteiger charge is -2.19. The maximum absolute atomic E-state index is 11.2. The molecule has 0 amide bonds. The van der Waals surface area contributed by atoms with E-state index in [2.05, 4.69) is 22.6 Å². The van der Waals surface area contributed by atoms with Crippen molar-refractivity contribution in [2.75, 3.05) is 6.61 Å². The number of benzene rings is 1. The van der Waals surface area contributed by atoms with Gasteiger partial charge in [-0.1, -0.05) is 0 Å². The number of fused-ring (bicyclic) bond motifs is 1. The summed E-state index contributed by atoms with van der Waals surface area (Å²) in [6.07, 6.45) is 2.07. The highest BCUT2D eigenvalue weighted by Crippen LogP contribution is 2.31. The largest absolute Gasteiger partial charge is 0.492 e. The molecule has 1 heterocycles. The number of ether oxygens (including phenoxy) is 1. The van der Waals surface area contributed by atoms with Gasteiger partial charge in [-0.3, -0.25) is 4.79 Å². The van der Waals surface area contributed by atoms with Gasteiger partial charge < -0.3 is 4.74 Å². The predicted molar refractivity (Wildman–Crippen MR) is 63.0 cm³/mol. The average Bonchev–Trinajstić information content (AvgIpc) is 2.17. The first-order valence-corrected chi connectivity index (χ1v) is 5.72. The Morgan fingerprint density at radius 3 is 3.00 bits per heavy atom.